The molecule has 1 atom stereocenters. The van der Waals surface area contributed by atoms with Gasteiger partial charge in [0.1, 0.15) is 10.8 Å². The van der Waals surface area contributed by atoms with Crippen LogP contribution >= 0.6 is 12.2 Å². The molecular formula is C14H23N3S. The minimum atomic E-state index is 0.388. The third-order valence-electron chi connectivity index (χ3n) is 2.86. The minimum absolute atomic E-state index is 0.388. The Morgan fingerprint density at radius 3 is 2.56 bits per heavy atom. The van der Waals surface area contributed by atoms with Gasteiger partial charge in [-0.3, -0.25) is 0 Å². The Balaban J connectivity index is 2.39. The number of nitrogens with zero attached hydrogens (tertiary/aromatic N) is 1. The van der Waals surface area contributed by atoms with Crippen molar-refractivity contribution < 1.29 is 0 Å². The van der Waals surface area contributed by atoms with E-state index < -0.39 is 0 Å². The van der Waals surface area contributed by atoms with Gasteiger partial charge in [-0.1, -0.05) is 38.9 Å². The highest BCUT2D eigenvalue weighted by Gasteiger charge is 2.04. The van der Waals surface area contributed by atoms with Crippen molar-refractivity contribution in [2.75, 3.05) is 5.32 Å². The molecule has 0 radical (unpaired) electrons. The molecule has 100 valence electrons. The fourth-order valence-electron chi connectivity index (χ4n) is 1.78. The lowest BCUT2D eigenvalue weighted by atomic mass is 10.0. The molecule has 3 N–H and O–H groups in total. The lowest BCUT2D eigenvalue weighted by Gasteiger charge is -2.15. The third-order valence-corrected chi connectivity index (χ3v) is 3.10. The molecule has 0 amide bonds. The molecule has 18 heavy (non-hydrogen) atoms. The molecule has 0 aliphatic carbocycles. The van der Waals surface area contributed by atoms with Crippen molar-refractivity contribution in [3.05, 3.63) is 23.9 Å². The van der Waals surface area contributed by atoms with Crippen LogP contribution in [0, 0.1) is 5.92 Å². The van der Waals surface area contributed by atoms with Gasteiger partial charge in [-0.25, -0.2) is 4.98 Å². The number of hydrogen-bond donors (Lipinski definition) is 2. The van der Waals surface area contributed by atoms with E-state index in [0.29, 0.717) is 11.0 Å². The second-order valence-electron chi connectivity index (χ2n) is 5.17. The van der Waals surface area contributed by atoms with Crippen molar-refractivity contribution in [2.24, 2.45) is 11.7 Å². The predicted molar refractivity (Wildman–Crippen MR) is 81.9 cm³/mol. The number of aromatic nitrogens is 1. The molecule has 0 spiro atoms. The zero-order valence-electron chi connectivity index (χ0n) is 11.4. The van der Waals surface area contributed by atoms with Crippen LogP contribution in [0.2, 0.25) is 0 Å². The monoisotopic (exact) mass is 265 g/mol. The van der Waals surface area contributed by atoms with Crippen LogP contribution in [0.4, 0.5) is 5.82 Å². The first-order valence-electron chi connectivity index (χ1n) is 6.51. The first-order valence-corrected chi connectivity index (χ1v) is 6.92. The molecule has 1 aromatic heterocycles. The molecule has 0 bridgehead atoms. The standard InChI is InChI=1S/C14H23N3S/c1-10(2)5-4-6-11(3)17-13-8-7-12(9-16-13)14(15)18/h7-11H,4-6H2,1-3H3,(H2,15,18)(H,16,17). The predicted octanol–water partition coefficient (Wildman–Crippen LogP) is 3.34. The van der Waals surface area contributed by atoms with Gasteiger partial charge in [0.15, 0.2) is 0 Å². The summed E-state index contributed by atoms with van der Waals surface area (Å²) in [6, 6.07) is 4.26. The number of pyridine rings is 1. The van der Waals surface area contributed by atoms with Crippen molar-refractivity contribution in [3.8, 4) is 0 Å². The molecule has 0 saturated carbocycles. The molecule has 0 aromatic carbocycles. The van der Waals surface area contributed by atoms with Crippen molar-refractivity contribution in [1.29, 1.82) is 0 Å². The maximum absolute atomic E-state index is 5.53. The van der Waals surface area contributed by atoms with Gasteiger partial charge in [0.05, 0.1) is 0 Å². The number of hydrogen-bond acceptors (Lipinski definition) is 3. The van der Waals surface area contributed by atoms with E-state index in [-0.39, 0.29) is 0 Å². The van der Waals surface area contributed by atoms with Crippen molar-refractivity contribution in [3.63, 3.8) is 0 Å². The van der Waals surface area contributed by atoms with Crippen LogP contribution < -0.4 is 11.1 Å². The van der Waals surface area contributed by atoms with Gasteiger partial charge in [0.2, 0.25) is 0 Å². The van der Waals surface area contributed by atoms with E-state index in [0.717, 1.165) is 23.7 Å². The van der Waals surface area contributed by atoms with E-state index in [9.17, 15) is 0 Å². The zero-order chi connectivity index (χ0) is 13.5. The van der Waals surface area contributed by atoms with Crippen molar-refractivity contribution in [2.45, 2.75) is 46.1 Å². The quantitative estimate of drug-likeness (QED) is 0.742. The van der Waals surface area contributed by atoms with Crippen LogP contribution in [0.5, 0.6) is 0 Å². The van der Waals surface area contributed by atoms with Crippen LogP contribution in [0.25, 0.3) is 0 Å². The highest BCUT2D eigenvalue weighted by atomic mass is 32.1. The Labute approximate surface area is 115 Å². The maximum atomic E-state index is 5.53. The summed E-state index contributed by atoms with van der Waals surface area (Å²) in [4.78, 5) is 4.69. The van der Waals surface area contributed by atoms with E-state index in [4.69, 9.17) is 18.0 Å². The molecule has 1 aromatic rings. The summed E-state index contributed by atoms with van der Waals surface area (Å²) in [7, 11) is 0. The maximum Gasteiger partial charge on any atom is 0.126 e. The Bertz CT molecular complexity index is 373. The Kier molecular flexibility index (Phi) is 6.05. The van der Waals surface area contributed by atoms with E-state index in [1.165, 1.54) is 12.8 Å². The molecule has 3 nitrogen and oxygen atoms in total. The van der Waals surface area contributed by atoms with Gasteiger partial charge in [-0.2, -0.15) is 0 Å². The lowest BCUT2D eigenvalue weighted by Crippen LogP contribution is -2.16. The number of nitrogens with two attached hydrogens (primary N) is 1. The Morgan fingerprint density at radius 1 is 1.33 bits per heavy atom. The fourth-order valence-corrected chi connectivity index (χ4v) is 1.90. The summed E-state index contributed by atoms with van der Waals surface area (Å²) in [6.07, 6.45) is 5.40. The number of anilines is 1. The SMILES string of the molecule is CC(C)CCCC(C)Nc1ccc(C(N)=S)cn1. The van der Waals surface area contributed by atoms with Crippen molar-refractivity contribution in [1.82, 2.24) is 4.98 Å². The van der Waals surface area contributed by atoms with Crippen LogP contribution in [0.15, 0.2) is 18.3 Å². The molecular weight excluding hydrogens is 242 g/mol. The normalized spacial score (nSPS) is 12.4. The second-order valence-corrected chi connectivity index (χ2v) is 5.61. The van der Waals surface area contributed by atoms with E-state index in [1.807, 2.05) is 12.1 Å². The lowest BCUT2D eigenvalue weighted by molar-refractivity contribution is 0.520. The summed E-state index contributed by atoms with van der Waals surface area (Å²) >= 11 is 4.89. The first-order chi connectivity index (χ1) is 8.49. The molecule has 1 heterocycles. The van der Waals surface area contributed by atoms with Gasteiger partial charge in [-0.05, 0) is 31.4 Å². The van der Waals surface area contributed by atoms with Gasteiger partial charge in [0.25, 0.3) is 0 Å². The summed E-state index contributed by atoms with van der Waals surface area (Å²) in [6.45, 7) is 6.70. The average Bonchev–Trinajstić information content (AvgIpc) is 2.29. The zero-order valence-corrected chi connectivity index (χ0v) is 12.3. The van der Waals surface area contributed by atoms with Crippen LogP contribution in [-0.2, 0) is 0 Å². The summed E-state index contributed by atoms with van der Waals surface area (Å²) in [5.74, 6) is 1.66. The molecule has 0 aliphatic heterocycles. The van der Waals surface area contributed by atoms with Gasteiger partial charge < -0.3 is 11.1 Å². The highest BCUT2D eigenvalue weighted by molar-refractivity contribution is 7.80. The van der Waals surface area contributed by atoms with Crippen LogP contribution in [-0.4, -0.2) is 16.0 Å². The smallest absolute Gasteiger partial charge is 0.126 e. The first kappa shape index (κ1) is 14.9. The fraction of sp³-hybridized carbons (Fsp3) is 0.571. The molecule has 0 saturated heterocycles. The number of rotatable bonds is 7. The highest BCUT2D eigenvalue weighted by Crippen LogP contribution is 2.12. The van der Waals surface area contributed by atoms with E-state index in [1.54, 1.807) is 6.20 Å². The second kappa shape index (κ2) is 7.31. The molecule has 0 aliphatic rings. The summed E-state index contributed by atoms with van der Waals surface area (Å²) in [5, 5.41) is 3.39. The molecule has 0 fully saturated rings. The number of nitrogens with one attached hydrogen (secondary N) is 1. The summed E-state index contributed by atoms with van der Waals surface area (Å²) in [5.41, 5.74) is 6.34. The minimum Gasteiger partial charge on any atom is -0.389 e. The molecule has 1 rings (SSSR count). The van der Waals surface area contributed by atoms with E-state index >= 15 is 0 Å². The topological polar surface area (TPSA) is 50.9 Å². The van der Waals surface area contributed by atoms with Gasteiger partial charge in [-0.15, -0.1) is 0 Å². The number of thiocarbonyl (C=S) groups is 1. The van der Waals surface area contributed by atoms with Gasteiger partial charge >= 0.3 is 0 Å². The largest absolute Gasteiger partial charge is 0.389 e. The summed E-state index contributed by atoms with van der Waals surface area (Å²) < 4.78 is 0. The van der Waals surface area contributed by atoms with Gasteiger partial charge in [0, 0.05) is 17.8 Å². The Morgan fingerprint density at radius 2 is 2.06 bits per heavy atom. The Hall–Kier alpha value is -1.16. The van der Waals surface area contributed by atoms with E-state index in [2.05, 4.69) is 31.1 Å². The average molecular weight is 265 g/mol. The molecule has 1 unspecified atom stereocenters. The molecule has 4 heteroatoms. The van der Waals surface area contributed by atoms with Crippen molar-refractivity contribution >= 4 is 23.0 Å². The van der Waals surface area contributed by atoms with Crippen LogP contribution in [0.1, 0.15) is 45.6 Å². The van der Waals surface area contributed by atoms with Crippen LogP contribution in [0.3, 0.4) is 0 Å². The third kappa shape index (κ3) is 5.45.